The number of piperidine rings is 1. The molecule has 29 heavy (non-hydrogen) atoms. The molecule has 0 spiro atoms. The molecule has 3 unspecified atom stereocenters. The lowest BCUT2D eigenvalue weighted by Crippen LogP contribution is -2.54. The van der Waals surface area contributed by atoms with E-state index >= 15 is 0 Å². The summed E-state index contributed by atoms with van der Waals surface area (Å²) in [5.41, 5.74) is 1.45. The van der Waals surface area contributed by atoms with Crippen molar-refractivity contribution in [2.75, 3.05) is 7.11 Å². The molecule has 0 aliphatic carbocycles. The fraction of sp³-hybridized carbons (Fsp3) is 0.455. The second kappa shape index (κ2) is 7.88. The molecule has 2 aliphatic heterocycles. The van der Waals surface area contributed by atoms with Crippen LogP contribution in [0.4, 0.5) is 13.2 Å². The van der Waals surface area contributed by atoms with E-state index in [0.29, 0.717) is 17.4 Å². The Balaban J connectivity index is 1.55. The summed E-state index contributed by atoms with van der Waals surface area (Å²) in [6.07, 6.45) is -0.842. The lowest BCUT2D eigenvalue weighted by atomic mass is 9.80. The van der Waals surface area contributed by atoms with Crippen LogP contribution in [0.15, 0.2) is 48.5 Å². The number of hydrogen-bond donors (Lipinski definition) is 1. The van der Waals surface area contributed by atoms with Gasteiger partial charge in [0.2, 0.25) is 0 Å². The van der Waals surface area contributed by atoms with E-state index in [4.69, 9.17) is 9.47 Å². The van der Waals surface area contributed by atoms with E-state index in [-0.39, 0.29) is 24.0 Å². The summed E-state index contributed by atoms with van der Waals surface area (Å²) in [6, 6.07) is 14.8. The van der Waals surface area contributed by atoms with Gasteiger partial charge in [-0.25, -0.2) is 0 Å². The summed E-state index contributed by atoms with van der Waals surface area (Å²) in [4.78, 5) is 0. The Labute approximate surface area is 168 Å². The average molecular weight is 407 g/mol. The Kier molecular flexibility index (Phi) is 5.44. The Morgan fingerprint density at radius 1 is 1.07 bits per heavy atom. The van der Waals surface area contributed by atoms with E-state index in [0.717, 1.165) is 25.7 Å². The number of benzene rings is 2. The Morgan fingerprint density at radius 2 is 1.86 bits per heavy atom. The van der Waals surface area contributed by atoms with Crippen LogP contribution in [0.25, 0.3) is 0 Å². The van der Waals surface area contributed by atoms with Gasteiger partial charge in [0.05, 0.1) is 25.4 Å². The number of halogens is 3. The smallest absolute Gasteiger partial charge is 0.496 e. The zero-order valence-electron chi connectivity index (χ0n) is 16.2. The first-order chi connectivity index (χ1) is 13.9. The van der Waals surface area contributed by atoms with Crippen LogP contribution in [0.2, 0.25) is 0 Å². The molecule has 0 radical (unpaired) electrons. The van der Waals surface area contributed by atoms with E-state index in [2.05, 4.69) is 22.2 Å². The first kappa shape index (κ1) is 20.0. The fourth-order valence-corrected chi connectivity index (χ4v) is 4.61. The van der Waals surface area contributed by atoms with Crippen molar-refractivity contribution in [3.63, 3.8) is 0 Å². The van der Waals surface area contributed by atoms with Crippen molar-refractivity contribution in [1.29, 1.82) is 0 Å². The summed E-state index contributed by atoms with van der Waals surface area (Å²) in [6.45, 7) is 0.143. The topological polar surface area (TPSA) is 39.7 Å². The molecule has 156 valence electrons. The monoisotopic (exact) mass is 407 g/mol. The molecule has 4 rings (SSSR count). The van der Waals surface area contributed by atoms with Gasteiger partial charge in [-0.1, -0.05) is 30.3 Å². The summed E-state index contributed by atoms with van der Waals surface area (Å²) >= 11 is 0. The number of nitrogens with one attached hydrogen (secondary N) is 1. The van der Waals surface area contributed by atoms with Gasteiger partial charge in [-0.05, 0) is 49.4 Å². The molecule has 2 fully saturated rings. The van der Waals surface area contributed by atoms with Crippen LogP contribution in [-0.4, -0.2) is 25.6 Å². The molecule has 2 aliphatic rings. The predicted octanol–water partition coefficient (Wildman–Crippen LogP) is 4.92. The molecule has 1 N–H and O–H groups in total. The molecule has 7 heteroatoms. The van der Waals surface area contributed by atoms with Crippen molar-refractivity contribution >= 4 is 0 Å². The van der Waals surface area contributed by atoms with E-state index in [1.165, 1.54) is 30.9 Å². The molecule has 2 saturated heterocycles. The van der Waals surface area contributed by atoms with Crippen LogP contribution in [0.3, 0.4) is 0 Å². The van der Waals surface area contributed by atoms with Gasteiger partial charge in [-0.15, -0.1) is 13.2 Å². The largest absolute Gasteiger partial charge is 0.573 e. The van der Waals surface area contributed by atoms with Crippen molar-refractivity contribution in [2.45, 2.75) is 56.3 Å². The number of methoxy groups -OCH3 is 1. The maximum atomic E-state index is 12.6. The molecule has 0 saturated carbocycles. The molecule has 2 aromatic carbocycles. The van der Waals surface area contributed by atoms with Crippen LogP contribution in [0.5, 0.6) is 11.5 Å². The number of alkyl halides is 3. The Hall–Kier alpha value is -2.25. The van der Waals surface area contributed by atoms with E-state index in [9.17, 15) is 13.2 Å². The standard InChI is InChI=1S/C22H24F3NO3/c1-27-19-9-8-18(29-22(23,24)25)13-15(19)14-28-20-10-7-17-11-12-21(20,26-17)16-5-3-2-4-6-16/h2-6,8-9,13,17,20,26H,7,10-12,14H2,1H3. The second-order valence-corrected chi connectivity index (χ2v) is 7.62. The minimum Gasteiger partial charge on any atom is -0.496 e. The lowest BCUT2D eigenvalue weighted by Gasteiger charge is -2.42. The van der Waals surface area contributed by atoms with Gasteiger partial charge in [0.25, 0.3) is 0 Å². The van der Waals surface area contributed by atoms with Gasteiger partial charge < -0.3 is 19.5 Å². The maximum absolute atomic E-state index is 12.6. The Morgan fingerprint density at radius 3 is 2.59 bits per heavy atom. The van der Waals surface area contributed by atoms with Gasteiger partial charge in [0.1, 0.15) is 11.5 Å². The van der Waals surface area contributed by atoms with E-state index < -0.39 is 6.36 Å². The summed E-state index contributed by atoms with van der Waals surface area (Å²) in [5.74, 6) is 0.193. The van der Waals surface area contributed by atoms with Gasteiger partial charge >= 0.3 is 6.36 Å². The summed E-state index contributed by atoms with van der Waals surface area (Å²) < 4.78 is 53.4. The molecular weight excluding hydrogens is 383 g/mol. The number of ether oxygens (including phenoxy) is 3. The number of fused-ring (bicyclic) bond motifs is 2. The van der Waals surface area contributed by atoms with E-state index in [1.54, 1.807) is 0 Å². The Bertz CT molecular complexity index is 843. The molecule has 0 amide bonds. The molecular formula is C22H24F3NO3. The highest BCUT2D eigenvalue weighted by Crippen LogP contribution is 2.45. The van der Waals surface area contributed by atoms with Crippen LogP contribution < -0.4 is 14.8 Å². The zero-order chi connectivity index (χ0) is 20.5. The molecule has 2 aromatic rings. The highest BCUT2D eigenvalue weighted by atomic mass is 19.4. The lowest BCUT2D eigenvalue weighted by molar-refractivity contribution is -0.274. The fourth-order valence-electron chi connectivity index (χ4n) is 4.61. The maximum Gasteiger partial charge on any atom is 0.573 e. The minimum absolute atomic E-state index is 0.0828. The molecule has 3 atom stereocenters. The van der Waals surface area contributed by atoms with Crippen molar-refractivity contribution in [1.82, 2.24) is 5.32 Å². The van der Waals surface area contributed by atoms with Crippen molar-refractivity contribution in [3.8, 4) is 11.5 Å². The van der Waals surface area contributed by atoms with E-state index in [1.807, 2.05) is 18.2 Å². The van der Waals surface area contributed by atoms with Crippen molar-refractivity contribution in [2.24, 2.45) is 0 Å². The van der Waals surface area contributed by atoms with Gasteiger partial charge in [0, 0.05) is 11.6 Å². The van der Waals surface area contributed by atoms with Crippen LogP contribution in [-0.2, 0) is 16.9 Å². The van der Waals surface area contributed by atoms with Gasteiger partial charge in [-0.2, -0.15) is 0 Å². The summed E-state index contributed by atoms with van der Waals surface area (Å²) in [5, 5.41) is 3.75. The van der Waals surface area contributed by atoms with Crippen LogP contribution >= 0.6 is 0 Å². The predicted molar refractivity (Wildman–Crippen MR) is 102 cm³/mol. The molecule has 4 nitrogen and oxygen atoms in total. The van der Waals surface area contributed by atoms with Crippen LogP contribution in [0.1, 0.15) is 36.8 Å². The highest BCUT2D eigenvalue weighted by molar-refractivity contribution is 5.40. The highest BCUT2D eigenvalue weighted by Gasteiger charge is 2.49. The molecule has 0 aromatic heterocycles. The van der Waals surface area contributed by atoms with Crippen molar-refractivity contribution in [3.05, 3.63) is 59.7 Å². The first-order valence-electron chi connectivity index (χ1n) is 9.77. The zero-order valence-corrected chi connectivity index (χ0v) is 16.2. The van der Waals surface area contributed by atoms with Gasteiger partial charge in [-0.3, -0.25) is 0 Å². The second-order valence-electron chi connectivity index (χ2n) is 7.62. The third-order valence-corrected chi connectivity index (χ3v) is 5.89. The first-order valence-corrected chi connectivity index (χ1v) is 9.77. The summed E-state index contributed by atoms with van der Waals surface area (Å²) in [7, 11) is 1.48. The number of rotatable bonds is 6. The third kappa shape index (κ3) is 4.21. The number of hydrogen-bond acceptors (Lipinski definition) is 4. The SMILES string of the molecule is COc1ccc(OC(F)(F)F)cc1COC1CCC2CCC1(c1ccccc1)N2. The van der Waals surface area contributed by atoms with Crippen LogP contribution in [0, 0.1) is 0 Å². The quantitative estimate of drug-likeness (QED) is 0.738. The molecule has 2 bridgehead atoms. The normalized spacial score (nSPS) is 26.3. The van der Waals surface area contributed by atoms with Gasteiger partial charge in [0.15, 0.2) is 0 Å². The minimum atomic E-state index is -4.74. The third-order valence-electron chi connectivity index (χ3n) is 5.89. The molecule has 2 heterocycles. The average Bonchev–Trinajstić information content (AvgIpc) is 3.05. The van der Waals surface area contributed by atoms with Crippen molar-refractivity contribution < 1.29 is 27.4 Å².